The van der Waals surface area contributed by atoms with Crippen molar-refractivity contribution >= 4 is 23.7 Å². The Hall–Kier alpha value is -3.40. The highest BCUT2D eigenvalue weighted by Gasteiger charge is 2.62. The van der Waals surface area contributed by atoms with Gasteiger partial charge in [0.2, 0.25) is 17.7 Å². The molecule has 0 radical (unpaired) electrons. The minimum Gasteiger partial charge on any atom is -0.477 e. The third-order valence-corrected chi connectivity index (χ3v) is 16.6. The van der Waals surface area contributed by atoms with E-state index in [9.17, 15) is 121 Å². The number of hydrogen-bond acceptors (Lipinski definition) is 36. The van der Waals surface area contributed by atoms with Gasteiger partial charge in [-0.05, 0) is 13.8 Å². The summed E-state index contributed by atoms with van der Waals surface area (Å²) in [7, 11) is 0. The van der Waals surface area contributed by atoms with Gasteiger partial charge in [0.15, 0.2) is 37.7 Å². The van der Waals surface area contributed by atoms with E-state index in [1.165, 1.54) is 13.8 Å². The number of ether oxygens (including phenoxy) is 13. The Morgan fingerprint density at radius 3 is 1.46 bits per heavy atom. The van der Waals surface area contributed by atoms with Crippen LogP contribution in [0.3, 0.4) is 0 Å². The van der Waals surface area contributed by atoms with Gasteiger partial charge in [-0.15, -0.1) is 0 Å². The third kappa shape index (κ3) is 16.4. The molecular formula is C51H85N3O37. The van der Waals surface area contributed by atoms with Crippen molar-refractivity contribution in [2.24, 2.45) is 0 Å². The fraction of sp³-hybridized carbons (Fsp3) is 0.922. The Morgan fingerprint density at radius 1 is 0.473 bits per heavy atom. The maximum Gasteiger partial charge on any atom is 0.364 e. The molecule has 7 aliphatic rings. The average Bonchev–Trinajstić information content (AvgIpc) is 0.774. The summed E-state index contributed by atoms with van der Waals surface area (Å²) in [4.78, 5) is 51.3. The molecule has 7 heterocycles. The lowest BCUT2D eigenvalue weighted by molar-refractivity contribution is -0.393. The number of carboxylic acid groups (broad SMARTS) is 1. The Kier molecular flexibility index (Phi) is 26.1. The first-order chi connectivity index (χ1) is 42.7. The molecule has 0 spiro atoms. The zero-order valence-corrected chi connectivity index (χ0v) is 49.3. The third-order valence-electron chi connectivity index (χ3n) is 16.6. The van der Waals surface area contributed by atoms with Crippen molar-refractivity contribution in [2.75, 3.05) is 33.0 Å². The van der Waals surface area contributed by atoms with Crippen LogP contribution in [-0.2, 0) is 80.8 Å². The zero-order valence-electron chi connectivity index (χ0n) is 49.3. The highest BCUT2D eigenvalue weighted by atomic mass is 16.8. The fourth-order valence-electron chi connectivity index (χ4n) is 11.7. The summed E-state index contributed by atoms with van der Waals surface area (Å²) >= 11 is 0. The van der Waals surface area contributed by atoms with E-state index in [0.717, 1.165) is 20.8 Å². The molecule has 0 aromatic heterocycles. The van der Waals surface area contributed by atoms with E-state index < -0.39 is 284 Å². The molecule has 7 saturated heterocycles. The number of hydrogen-bond donors (Lipinski definition) is 23. The highest BCUT2D eigenvalue weighted by molar-refractivity contribution is 5.77. The van der Waals surface area contributed by atoms with Crippen molar-refractivity contribution in [3.63, 3.8) is 0 Å². The first-order valence-corrected chi connectivity index (χ1v) is 29.0. The van der Waals surface area contributed by atoms with Crippen molar-refractivity contribution in [3.05, 3.63) is 0 Å². The maximum atomic E-state index is 13.3. The predicted molar refractivity (Wildman–Crippen MR) is 281 cm³/mol. The lowest BCUT2D eigenvalue weighted by Gasteiger charge is -2.52. The van der Waals surface area contributed by atoms with Crippen LogP contribution < -0.4 is 16.0 Å². The Balaban J connectivity index is 1.21. The predicted octanol–water partition coefficient (Wildman–Crippen LogP) is -14.6. The number of carbonyl (C=O) groups is 4. The maximum absolute atomic E-state index is 13.3. The molecule has 40 heteroatoms. The highest BCUT2D eigenvalue weighted by Crippen LogP contribution is 2.41. The molecule has 3 amide bonds. The van der Waals surface area contributed by atoms with Crippen LogP contribution in [0, 0.1) is 0 Å². The van der Waals surface area contributed by atoms with E-state index in [-0.39, 0.29) is 0 Å². The van der Waals surface area contributed by atoms with Crippen molar-refractivity contribution < 1.29 is 183 Å². The summed E-state index contributed by atoms with van der Waals surface area (Å²) in [6, 6.07) is -5.39. The number of carboxylic acids is 1. The smallest absolute Gasteiger partial charge is 0.364 e. The molecule has 0 bridgehead atoms. The molecule has 0 unspecified atom stereocenters. The zero-order chi connectivity index (χ0) is 67.6. The number of amides is 3. The van der Waals surface area contributed by atoms with Crippen LogP contribution in [-0.4, -0.2) is 379 Å². The number of aliphatic hydroxyl groups excluding tert-OH is 19. The first-order valence-electron chi connectivity index (χ1n) is 29.0. The van der Waals surface area contributed by atoms with Gasteiger partial charge in [-0.3, -0.25) is 14.4 Å². The SMILES string of the molecule is CC(=O)N[C@@H]1[C@@H](O[C@@H]2O[C@H](CO)[C@H](O)[C@H](O)[C@H]2O[C@@H]2O[C@@H](C)[C@@H](O)[C@@H](O)[C@@H]2O)[C@@H](O)[C@@H](CO[C@@H]2O[C@H](CO)[C@@H](O[C@@H]3O[C@H](CO)[C@H](O)[C@H](O[C@]4(C(=O)O)C[C@H](O)[C@@H](NC(C)=O)[C@H]([C@H](O)[C@H](O)CO)O4)[C@H]3O)[C@H](O[C@@H]3O[C@@H](C)[C@@H](O)[C@@H](O)[C@@H]3O)[C@H]2NC(C)=O)O[C@H]1O. The number of nitrogens with one attached hydrogen (secondary N) is 3. The molecule has 526 valence electrons. The molecule has 0 aromatic carbocycles. The van der Waals surface area contributed by atoms with Gasteiger partial charge in [0.1, 0.15) is 152 Å². The van der Waals surface area contributed by atoms with Gasteiger partial charge in [0.05, 0.1) is 57.4 Å². The number of aliphatic carboxylic acids is 1. The number of carbonyl (C=O) groups excluding carboxylic acids is 3. The standard InChI is InChI=1S/C51H85N3O37/c1-12-26(64)32(70)35(73)46(80-12)88-41-25(54-16(5)61)45(79-11-22-31(69)39(24(44(76)82-22)53-15(4)60)87-49-43(34(72)29(67)19(8-56)84-49)89-47-36(74)33(71)27(65)13(2)81-47)85-21(10-58)38(41)86-48-37(75)42(30(68)20(9-57)83-48)91-51(50(77)78)6-17(62)23(52-14(3)59)40(90-51)28(66)18(63)7-55/h12-13,17-49,55-58,62-76H,6-11H2,1-5H3,(H,52,59)(H,53,60)(H,54,61)(H,77,78)/t12-,13-,17-,18+,19+,20+,21+,22+,23+,24+,25+,26+,27+,28+,29-,30-,31-,32+,33+,34-,35-,36-,37+,38+,39+,40+,41+,42-,43+,44+,45+,46-,47-,48-,49-,51-/m0/s1. The van der Waals surface area contributed by atoms with Crippen LogP contribution in [0.5, 0.6) is 0 Å². The van der Waals surface area contributed by atoms with Gasteiger partial charge in [0, 0.05) is 27.2 Å². The van der Waals surface area contributed by atoms with E-state index in [0.29, 0.717) is 0 Å². The molecule has 36 atom stereocenters. The number of rotatable bonds is 23. The number of aliphatic hydroxyl groups is 19. The summed E-state index contributed by atoms with van der Waals surface area (Å²) in [5.74, 6) is -8.03. The van der Waals surface area contributed by atoms with Crippen molar-refractivity contribution in [3.8, 4) is 0 Å². The molecule has 7 aliphatic heterocycles. The first kappa shape index (κ1) is 75.0. The molecule has 23 N–H and O–H groups in total. The van der Waals surface area contributed by atoms with Gasteiger partial charge < -0.3 is 180 Å². The summed E-state index contributed by atoms with van der Waals surface area (Å²) in [6.07, 6.45) is -65.1. The van der Waals surface area contributed by atoms with E-state index >= 15 is 0 Å². The molecule has 0 saturated carbocycles. The minimum atomic E-state index is -3.27. The van der Waals surface area contributed by atoms with Crippen LogP contribution in [0.2, 0.25) is 0 Å². The van der Waals surface area contributed by atoms with Crippen molar-refractivity contribution in [2.45, 2.75) is 261 Å². The van der Waals surface area contributed by atoms with Crippen LogP contribution in [0.1, 0.15) is 41.0 Å². The van der Waals surface area contributed by atoms with Gasteiger partial charge in [-0.2, -0.15) is 0 Å². The summed E-state index contributed by atoms with van der Waals surface area (Å²) in [5, 5.41) is 226. The van der Waals surface area contributed by atoms with Crippen molar-refractivity contribution in [1.29, 1.82) is 0 Å². The monoisotopic (exact) mass is 1330 g/mol. The minimum absolute atomic E-state index is 0.850. The van der Waals surface area contributed by atoms with Crippen LogP contribution >= 0.6 is 0 Å². The van der Waals surface area contributed by atoms with Crippen LogP contribution in [0.4, 0.5) is 0 Å². The van der Waals surface area contributed by atoms with Gasteiger partial charge >= 0.3 is 5.97 Å². The van der Waals surface area contributed by atoms with Gasteiger partial charge in [-0.1, -0.05) is 0 Å². The lowest BCUT2D eigenvalue weighted by atomic mass is 9.88. The largest absolute Gasteiger partial charge is 0.477 e. The fourth-order valence-corrected chi connectivity index (χ4v) is 11.7. The second kappa shape index (κ2) is 31.6. The van der Waals surface area contributed by atoms with Crippen LogP contribution in [0.15, 0.2) is 0 Å². The molecule has 7 fully saturated rings. The quantitative estimate of drug-likeness (QED) is 0.0452. The lowest BCUT2D eigenvalue weighted by Crippen LogP contribution is -2.71. The average molecular weight is 1330 g/mol. The van der Waals surface area contributed by atoms with Gasteiger partial charge in [-0.25, -0.2) is 4.79 Å². The Morgan fingerprint density at radius 2 is 0.934 bits per heavy atom. The molecule has 0 aromatic rings. The molecule has 0 aliphatic carbocycles. The van der Waals surface area contributed by atoms with Crippen molar-refractivity contribution in [1.82, 2.24) is 16.0 Å². The van der Waals surface area contributed by atoms with Gasteiger partial charge in [0.25, 0.3) is 5.79 Å². The molecular weight excluding hydrogens is 1250 g/mol. The molecule has 7 rings (SSSR count). The van der Waals surface area contributed by atoms with Crippen LogP contribution in [0.25, 0.3) is 0 Å². The molecule has 40 nitrogen and oxygen atoms in total. The van der Waals surface area contributed by atoms with E-state index in [1.54, 1.807) is 0 Å². The van der Waals surface area contributed by atoms with E-state index in [2.05, 4.69) is 16.0 Å². The summed E-state index contributed by atoms with van der Waals surface area (Å²) in [6.45, 7) is -0.0616. The summed E-state index contributed by atoms with van der Waals surface area (Å²) in [5.41, 5.74) is 0. The molecule has 91 heavy (non-hydrogen) atoms. The topological polar surface area (TPSA) is 629 Å². The second-order valence-electron chi connectivity index (χ2n) is 23.2. The second-order valence-corrected chi connectivity index (χ2v) is 23.2. The normalized spacial score (nSPS) is 48.0. The summed E-state index contributed by atoms with van der Waals surface area (Å²) < 4.78 is 76.4. The Labute approximate surface area is 516 Å². The Bertz CT molecular complexity index is 2380. The van der Waals surface area contributed by atoms with E-state index in [1.807, 2.05) is 0 Å². The van der Waals surface area contributed by atoms with E-state index in [4.69, 9.17) is 61.6 Å².